The third-order valence-electron chi connectivity index (χ3n) is 4.88. The van der Waals surface area contributed by atoms with Crippen LogP contribution in [0.3, 0.4) is 0 Å². The summed E-state index contributed by atoms with van der Waals surface area (Å²) in [5.74, 6) is -0.299. The van der Waals surface area contributed by atoms with Gasteiger partial charge in [-0.25, -0.2) is 5.48 Å². The summed E-state index contributed by atoms with van der Waals surface area (Å²) in [7, 11) is 1.51. The number of hydroxylamine groups is 1. The zero-order chi connectivity index (χ0) is 22.4. The van der Waals surface area contributed by atoms with Crippen molar-refractivity contribution in [1.29, 1.82) is 0 Å². The average molecular weight is 426 g/mol. The number of nitro benzene ring substituents is 1. The van der Waals surface area contributed by atoms with Gasteiger partial charge in [-0.05, 0) is 35.7 Å². The number of rotatable bonds is 9. The summed E-state index contributed by atoms with van der Waals surface area (Å²) in [6.45, 7) is 0.282. The molecule has 0 bridgehead atoms. The smallest absolute Gasteiger partial charge is 0.270 e. The van der Waals surface area contributed by atoms with Crippen molar-refractivity contribution in [2.75, 3.05) is 13.7 Å². The number of ether oxygens (including phenoxy) is 1. The number of amides is 2. The van der Waals surface area contributed by atoms with Crippen molar-refractivity contribution in [2.24, 2.45) is 0 Å². The second kappa shape index (κ2) is 9.72. The Kier molecular flexibility index (Phi) is 6.83. The quantitative estimate of drug-likeness (QED) is 0.179. The van der Waals surface area contributed by atoms with Gasteiger partial charge in [0, 0.05) is 54.2 Å². The van der Waals surface area contributed by atoms with Crippen LogP contribution in [0.2, 0.25) is 0 Å². The fraction of sp³-hybridized carbons (Fsp3) is 0.238. The van der Waals surface area contributed by atoms with Crippen molar-refractivity contribution in [1.82, 2.24) is 15.8 Å². The van der Waals surface area contributed by atoms with Crippen LogP contribution in [0.1, 0.15) is 34.3 Å². The highest BCUT2D eigenvalue weighted by Crippen LogP contribution is 2.29. The molecule has 0 atom stereocenters. The summed E-state index contributed by atoms with van der Waals surface area (Å²) in [6, 6.07) is 9.74. The molecule has 4 N–H and O–H groups in total. The lowest BCUT2D eigenvalue weighted by molar-refractivity contribution is -0.384. The van der Waals surface area contributed by atoms with E-state index >= 15 is 0 Å². The Balaban J connectivity index is 1.74. The normalized spacial score (nSPS) is 10.6. The summed E-state index contributed by atoms with van der Waals surface area (Å²) in [6.07, 6.45) is 2.75. The number of hydrogen-bond acceptors (Lipinski definition) is 6. The van der Waals surface area contributed by atoms with Gasteiger partial charge in [-0.15, -0.1) is 0 Å². The Morgan fingerprint density at radius 3 is 2.71 bits per heavy atom. The molecule has 2 aromatic carbocycles. The number of carbonyl (C=O) groups excluding carboxylic acids is 2. The van der Waals surface area contributed by atoms with Crippen LogP contribution in [-0.2, 0) is 11.2 Å². The number of non-ortho nitro benzene ring substituents is 1. The molecule has 1 heterocycles. The van der Waals surface area contributed by atoms with Gasteiger partial charge in [0.15, 0.2) is 0 Å². The number of carbonyl (C=O) groups is 2. The second-order valence-electron chi connectivity index (χ2n) is 6.90. The molecule has 0 fully saturated rings. The average Bonchev–Trinajstić information content (AvgIpc) is 3.18. The highest BCUT2D eigenvalue weighted by molar-refractivity contribution is 5.94. The number of fused-ring (bicyclic) bond motifs is 1. The molecule has 0 saturated carbocycles. The summed E-state index contributed by atoms with van der Waals surface area (Å²) >= 11 is 0. The Bertz CT molecular complexity index is 1120. The van der Waals surface area contributed by atoms with Gasteiger partial charge in [0.1, 0.15) is 5.75 Å². The molecule has 2 amide bonds. The van der Waals surface area contributed by atoms with Gasteiger partial charge >= 0.3 is 0 Å². The van der Waals surface area contributed by atoms with E-state index in [0.717, 1.165) is 22.0 Å². The topological polar surface area (TPSA) is 147 Å². The summed E-state index contributed by atoms with van der Waals surface area (Å²) in [5.41, 5.74) is 4.46. The van der Waals surface area contributed by atoms with Crippen LogP contribution in [0, 0.1) is 10.1 Å². The number of nitro groups is 1. The van der Waals surface area contributed by atoms with E-state index < -0.39 is 10.8 Å². The minimum absolute atomic E-state index is 0.0174. The molecule has 0 radical (unpaired) electrons. The van der Waals surface area contributed by atoms with Crippen LogP contribution in [0.15, 0.2) is 42.6 Å². The third-order valence-corrected chi connectivity index (χ3v) is 4.88. The van der Waals surface area contributed by atoms with E-state index in [1.807, 2.05) is 0 Å². The monoisotopic (exact) mass is 426 g/mol. The Hall–Kier alpha value is -3.92. The number of nitrogens with zero attached hydrogens (tertiary/aromatic N) is 1. The summed E-state index contributed by atoms with van der Waals surface area (Å²) in [4.78, 5) is 37.1. The number of methoxy groups -OCH3 is 1. The molecule has 10 heteroatoms. The molecular weight excluding hydrogens is 404 g/mol. The van der Waals surface area contributed by atoms with Gasteiger partial charge in [0.2, 0.25) is 5.91 Å². The zero-order valence-electron chi connectivity index (χ0n) is 16.8. The molecule has 1 aromatic heterocycles. The highest BCUT2D eigenvalue weighted by atomic mass is 16.6. The van der Waals surface area contributed by atoms with Crippen molar-refractivity contribution in [3.63, 3.8) is 0 Å². The van der Waals surface area contributed by atoms with Crippen LogP contribution in [0.5, 0.6) is 5.75 Å². The highest BCUT2D eigenvalue weighted by Gasteiger charge is 2.14. The lowest BCUT2D eigenvalue weighted by Gasteiger charge is -2.11. The van der Waals surface area contributed by atoms with Crippen LogP contribution in [0.25, 0.3) is 10.9 Å². The summed E-state index contributed by atoms with van der Waals surface area (Å²) < 4.78 is 5.45. The van der Waals surface area contributed by atoms with E-state index in [9.17, 15) is 19.7 Å². The lowest BCUT2D eigenvalue weighted by Crippen LogP contribution is -2.26. The minimum atomic E-state index is -0.511. The van der Waals surface area contributed by atoms with Crippen molar-refractivity contribution < 1.29 is 24.5 Å². The predicted molar refractivity (Wildman–Crippen MR) is 112 cm³/mol. The SMILES string of the molecule is COc1cc(C(=O)NCCCC(=O)NO)ccc1Cc1c[nH]c2ccc([N+](=O)[O-])cc12. The molecule has 3 aromatic rings. The molecule has 162 valence electrons. The van der Waals surface area contributed by atoms with E-state index in [1.165, 1.54) is 24.7 Å². The number of H-pyrrole nitrogens is 1. The lowest BCUT2D eigenvalue weighted by atomic mass is 10.0. The van der Waals surface area contributed by atoms with Gasteiger partial charge in [0.05, 0.1) is 12.0 Å². The van der Waals surface area contributed by atoms with Crippen LogP contribution in [-0.4, -0.2) is 40.6 Å². The van der Waals surface area contributed by atoms with Crippen molar-refractivity contribution >= 4 is 28.4 Å². The van der Waals surface area contributed by atoms with Crippen LogP contribution >= 0.6 is 0 Å². The zero-order valence-corrected chi connectivity index (χ0v) is 16.8. The first kappa shape index (κ1) is 21.8. The van der Waals surface area contributed by atoms with Gasteiger partial charge in [0.25, 0.3) is 11.6 Å². The van der Waals surface area contributed by atoms with Crippen molar-refractivity contribution in [2.45, 2.75) is 19.3 Å². The molecule has 10 nitrogen and oxygen atoms in total. The maximum Gasteiger partial charge on any atom is 0.270 e. The molecule has 3 rings (SSSR count). The van der Waals surface area contributed by atoms with Gasteiger partial charge in [-0.2, -0.15) is 0 Å². The van der Waals surface area contributed by atoms with Gasteiger partial charge < -0.3 is 15.0 Å². The van der Waals surface area contributed by atoms with Crippen LogP contribution < -0.4 is 15.5 Å². The molecule has 0 aliphatic carbocycles. The van der Waals surface area contributed by atoms with E-state index in [0.29, 0.717) is 24.2 Å². The number of hydrogen-bond donors (Lipinski definition) is 4. The largest absolute Gasteiger partial charge is 0.496 e. The Morgan fingerprint density at radius 1 is 1.19 bits per heavy atom. The summed E-state index contributed by atoms with van der Waals surface area (Å²) in [5, 5.41) is 23.0. The minimum Gasteiger partial charge on any atom is -0.496 e. The van der Waals surface area contributed by atoms with Crippen LogP contribution in [0.4, 0.5) is 5.69 Å². The second-order valence-corrected chi connectivity index (χ2v) is 6.90. The Morgan fingerprint density at radius 2 is 2.00 bits per heavy atom. The fourth-order valence-electron chi connectivity index (χ4n) is 3.27. The number of aromatic amines is 1. The first-order valence-electron chi connectivity index (χ1n) is 9.55. The number of aromatic nitrogens is 1. The molecular formula is C21H22N4O6. The van der Waals surface area contributed by atoms with E-state index in [2.05, 4.69) is 10.3 Å². The van der Waals surface area contributed by atoms with Gasteiger partial charge in [-0.3, -0.25) is 24.9 Å². The predicted octanol–water partition coefficient (Wildman–Crippen LogP) is 2.69. The first-order chi connectivity index (χ1) is 14.9. The standard InChI is InChI=1S/C21H22N4O6/c1-31-19-10-14(21(27)22-8-2-3-20(26)24-28)5-4-13(19)9-15-12-23-18-7-6-16(25(29)30)11-17(15)18/h4-7,10-12,23,28H,2-3,8-9H2,1H3,(H,22,27)(H,24,26). The number of nitrogens with one attached hydrogen (secondary N) is 3. The van der Waals surface area contributed by atoms with E-state index in [-0.39, 0.29) is 24.6 Å². The van der Waals surface area contributed by atoms with E-state index in [1.54, 1.807) is 30.5 Å². The molecule has 0 saturated heterocycles. The molecule has 31 heavy (non-hydrogen) atoms. The molecule has 0 unspecified atom stereocenters. The Labute approximate surface area is 177 Å². The number of benzene rings is 2. The third kappa shape index (κ3) is 5.17. The fourth-order valence-corrected chi connectivity index (χ4v) is 3.27. The molecule has 0 spiro atoms. The first-order valence-corrected chi connectivity index (χ1v) is 9.55. The van der Waals surface area contributed by atoms with Crippen molar-refractivity contribution in [3.8, 4) is 5.75 Å². The van der Waals surface area contributed by atoms with Gasteiger partial charge in [-0.1, -0.05) is 6.07 Å². The van der Waals surface area contributed by atoms with E-state index in [4.69, 9.17) is 9.94 Å². The molecule has 0 aliphatic rings. The van der Waals surface area contributed by atoms with Crippen molar-refractivity contribution in [3.05, 3.63) is 69.4 Å². The maximum atomic E-state index is 12.3. The molecule has 0 aliphatic heterocycles. The maximum absolute atomic E-state index is 12.3.